The van der Waals surface area contributed by atoms with E-state index in [1.807, 2.05) is 0 Å². The topological polar surface area (TPSA) is 12.0 Å². The summed E-state index contributed by atoms with van der Waals surface area (Å²) in [5.74, 6) is 0. The van der Waals surface area contributed by atoms with Gasteiger partial charge in [-0.2, -0.15) is 0 Å². The third-order valence-electron chi connectivity index (χ3n) is 3.18. The largest absolute Gasteiger partial charge is 0.387 e. The molecule has 1 aliphatic heterocycles. The summed E-state index contributed by atoms with van der Waals surface area (Å²) in [6, 6.07) is 0. The van der Waals surface area contributed by atoms with Gasteiger partial charge in [0.2, 0.25) is 0 Å². The molecule has 0 amide bonds. The highest BCUT2D eigenvalue weighted by Gasteiger charge is 2.12. The van der Waals surface area contributed by atoms with Gasteiger partial charge in [-0.05, 0) is 23.6 Å². The molecular weight excluding hydrogens is 218 g/mol. The van der Waals surface area contributed by atoms with E-state index in [1.54, 1.807) is 0 Å². The van der Waals surface area contributed by atoms with Gasteiger partial charge in [-0.15, -0.1) is 0 Å². The first-order valence-electron chi connectivity index (χ1n) is 6.45. The van der Waals surface area contributed by atoms with Crippen LogP contribution in [0.2, 0.25) is 0 Å². The molecule has 0 aromatic heterocycles. The van der Waals surface area contributed by atoms with Crippen LogP contribution in [0.15, 0.2) is 71.5 Å². The Balaban J connectivity index is 2.36. The van der Waals surface area contributed by atoms with Gasteiger partial charge in [0.1, 0.15) is 0 Å². The highest BCUT2D eigenvalue weighted by Crippen LogP contribution is 2.28. The van der Waals surface area contributed by atoms with E-state index in [0.29, 0.717) is 0 Å². The van der Waals surface area contributed by atoms with Crippen LogP contribution in [0.3, 0.4) is 0 Å². The molecular formula is C17H21N. The Kier molecular flexibility index (Phi) is 3.71. The van der Waals surface area contributed by atoms with E-state index in [1.165, 1.54) is 16.7 Å². The summed E-state index contributed by atoms with van der Waals surface area (Å²) in [6.07, 6.45) is 19.6. The van der Waals surface area contributed by atoms with Crippen molar-refractivity contribution in [3.05, 3.63) is 71.5 Å². The number of hydrogen-bond acceptors (Lipinski definition) is 1. The molecule has 1 aliphatic carbocycles. The minimum Gasteiger partial charge on any atom is -0.387 e. The van der Waals surface area contributed by atoms with Crippen LogP contribution in [0.5, 0.6) is 0 Å². The fourth-order valence-corrected chi connectivity index (χ4v) is 2.04. The van der Waals surface area contributed by atoms with E-state index in [-0.39, 0.29) is 5.41 Å². The van der Waals surface area contributed by atoms with Gasteiger partial charge in [-0.1, -0.05) is 62.5 Å². The second-order valence-corrected chi connectivity index (χ2v) is 5.38. The number of nitrogens with one attached hydrogen (secondary N) is 1. The molecule has 1 heterocycles. The average molecular weight is 239 g/mol. The predicted molar refractivity (Wildman–Crippen MR) is 79.1 cm³/mol. The molecule has 0 atom stereocenters. The van der Waals surface area contributed by atoms with Crippen molar-refractivity contribution in [3.63, 3.8) is 0 Å². The second kappa shape index (κ2) is 5.26. The van der Waals surface area contributed by atoms with Gasteiger partial charge in [0.05, 0.1) is 0 Å². The lowest BCUT2D eigenvalue weighted by Crippen LogP contribution is -2.07. The van der Waals surface area contributed by atoms with Crippen molar-refractivity contribution < 1.29 is 0 Å². The van der Waals surface area contributed by atoms with Crippen LogP contribution in [0.25, 0.3) is 0 Å². The molecule has 1 N–H and O–H groups in total. The van der Waals surface area contributed by atoms with Crippen molar-refractivity contribution in [3.8, 4) is 0 Å². The minimum absolute atomic E-state index is 0.131. The normalized spacial score (nSPS) is 23.8. The molecule has 1 heteroatoms. The van der Waals surface area contributed by atoms with E-state index in [2.05, 4.69) is 80.9 Å². The van der Waals surface area contributed by atoms with E-state index in [9.17, 15) is 0 Å². The molecule has 0 radical (unpaired) electrons. The molecule has 2 rings (SSSR count). The zero-order valence-electron chi connectivity index (χ0n) is 11.4. The van der Waals surface area contributed by atoms with E-state index >= 15 is 0 Å². The van der Waals surface area contributed by atoms with Gasteiger partial charge in [-0.3, -0.25) is 0 Å². The van der Waals surface area contributed by atoms with Crippen molar-refractivity contribution in [1.82, 2.24) is 5.32 Å². The van der Waals surface area contributed by atoms with Gasteiger partial charge in [0, 0.05) is 18.2 Å². The van der Waals surface area contributed by atoms with Crippen molar-refractivity contribution in [2.24, 2.45) is 5.41 Å². The highest BCUT2D eigenvalue weighted by atomic mass is 14.8. The van der Waals surface area contributed by atoms with E-state index < -0.39 is 0 Å². The molecule has 0 fully saturated rings. The van der Waals surface area contributed by atoms with Gasteiger partial charge in [0.15, 0.2) is 0 Å². The quantitative estimate of drug-likeness (QED) is 0.727. The highest BCUT2D eigenvalue weighted by molar-refractivity contribution is 5.54. The lowest BCUT2D eigenvalue weighted by Gasteiger charge is -2.14. The first-order valence-corrected chi connectivity index (χ1v) is 6.45. The fourth-order valence-electron chi connectivity index (χ4n) is 2.04. The fraction of sp³-hybridized carbons (Fsp3) is 0.294. The SMILES string of the molecule is CC1=CNC/C=C/C=C1C1=CC=CC(C)(C)C=C1. The van der Waals surface area contributed by atoms with Crippen LogP contribution < -0.4 is 5.32 Å². The van der Waals surface area contributed by atoms with Crippen LogP contribution in [0, 0.1) is 5.41 Å². The maximum absolute atomic E-state index is 3.28. The maximum atomic E-state index is 3.28. The van der Waals surface area contributed by atoms with Crippen molar-refractivity contribution >= 4 is 0 Å². The lowest BCUT2D eigenvalue weighted by atomic mass is 9.92. The Hall–Kier alpha value is -1.76. The summed E-state index contributed by atoms with van der Waals surface area (Å²) >= 11 is 0. The monoisotopic (exact) mass is 239 g/mol. The average Bonchev–Trinajstić information content (AvgIpc) is 2.46. The van der Waals surface area contributed by atoms with E-state index in [4.69, 9.17) is 0 Å². The van der Waals surface area contributed by atoms with Crippen molar-refractivity contribution in [1.29, 1.82) is 0 Å². The molecule has 94 valence electrons. The molecule has 0 unspecified atom stereocenters. The first-order chi connectivity index (χ1) is 8.58. The Bertz CT molecular complexity index is 494. The smallest absolute Gasteiger partial charge is 0.0328 e. The minimum atomic E-state index is 0.131. The molecule has 0 aromatic rings. The molecule has 1 nitrogen and oxygen atoms in total. The zero-order chi connectivity index (χ0) is 13.0. The van der Waals surface area contributed by atoms with E-state index in [0.717, 1.165) is 6.54 Å². The molecule has 0 saturated heterocycles. The number of allylic oxidation sites excluding steroid dienone is 10. The Labute approximate surface area is 110 Å². The third-order valence-corrected chi connectivity index (χ3v) is 3.18. The second-order valence-electron chi connectivity index (χ2n) is 5.38. The van der Waals surface area contributed by atoms with Crippen LogP contribution in [0.4, 0.5) is 0 Å². The molecule has 2 aliphatic rings. The Morgan fingerprint density at radius 1 is 1.11 bits per heavy atom. The molecule has 18 heavy (non-hydrogen) atoms. The van der Waals surface area contributed by atoms with Crippen molar-refractivity contribution in [2.75, 3.05) is 6.54 Å². The summed E-state index contributed by atoms with van der Waals surface area (Å²) in [5.41, 5.74) is 3.94. The molecule has 0 bridgehead atoms. The van der Waals surface area contributed by atoms with Crippen molar-refractivity contribution in [2.45, 2.75) is 20.8 Å². The third kappa shape index (κ3) is 3.13. The summed E-state index contributed by atoms with van der Waals surface area (Å²) in [7, 11) is 0. The zero-order valence-corrected chi connectivity index (χ0v) is 11.4. The summed E-state index contributed by atoms with van der Waals surface area (Å²) < 4.78 is 0. The summed E-state index contributed by atoms with van der Waals surface area (Å²) in [4.78, 5) is 0. The predicted octanol–water partition coefficient (Wildman–Crippen LogP) is 4.05. The number of rotatable bonds is 1. The van der Waals surface area contributed by atoms with Gasteiger partial charge in [-0.25, -0.2) is 0 Å². The first kappa shape index (κ1) is 12.7. The Morgan fingerprint density at radius 3 is 2.78 bits per heavy atom. The maximum Gasteiger partial charge on any atom is 0.0328 e. The van der Waals surface area contributed by atoms with Crippen LogP contribution >= 0.6 is 0 Å². The molecule has 0 saturated carbocycles. The molecule has 0 aromatic carbocycles. The van der Waals surface area contributed by atoms with Gasteiger partial charge >= 0.3 is 0 Å². The van der Waals surface area contributed by atoms with Gasteiger partial charge < -0.3 is 5.32 Å². The summed E-state index contributed by atoms with van der Waals surface area (Å²) in [5, 5.41) is 3.28. The Morgan fingerprint density at radius 2 is 1.94 bits per heavy atom. The molecule has 0 spiro atoms. The lowest BCUT2D eigenvalue weighted by molar-refractivity contribution is 0.627. The van der Waals surface area contributed by atoms with Gasteiger partial charge in [0.25, 0.3) is 0 Å². The summed E-state index contributed by atoms with van der Waals surface area (Å²) in [6.45, 7) is 7.47. The van der Waals surface area contributed by atoms with Crippen LogP contribution in [-0.2, 0) is 0 Å². The standard InChI is InChI=1S/C17H21N/c1-14-13-18-12-5-4-8-16(14)15-7-6-10-17(2,3)11-9-15/h4-11,13,18H,12H2,1-3H3/b5-4+,14-13?,16-8?. The van der Waals surface area contributed by atoms with Crippen LogP contribution in [0.1, 0.15) is 20.8 Å². The number of hydrogen-bond donors (Lipinski definition) is 1. The van der Waals surface area contributed by atoms with Crippen LogP contribution in [-0.4, -0.2) is 6.54 Å².